The highest BCUT2D eigenvalue weighted by Gasteiger charge is 2.20. The van der Waals surface area contributed by atoms with Crippen molar-refractivity contribution in [2.75, 3.05) is 0 Å². The largest absolute Gasteiger partial charge is 0.278 e. The van der Waals surface area contributed by atoms with Gasteiger partial charge in [0.1, 0.15) is 0 Å². The van der Waals surface area contributed by atoms with Gasteiger partial charge >= 0.3 is 0 Å². The van der Waals surface area contributed by atoms with Crippen LogP contribution < -0.4 is 0 Å². The Labute approximate surface area is 302 Å². The molecule has 4 heterocycles. The van der Waals surface area contributed by atoms with Gasteiger partial charge in [0.2, 0.25) is 5.95 Å². The molecule has 0 amide bonds. The van der Waals surface area contributed by atoms with Crippen LogP contribution in [0.2, 0.25) is 0 Å². The van der Waals surface area contributed by atoms with E-state index in [0.717, 1.165) is 61.1 Å². The molecule has 0 spiro atoms. The molecule has 0 unspecified atom stereocenters. The molecule has 52 heavy (non-hydrogen) atoms. The molecule has 0 fully saturated rings. The monoisotopic (exact) mass is 680 g/mol. The average Bonchev–Trinajstić information content (AvgIpc) is 3.77. The Morgan fingerprint density at radius 2 is 0.981 bits per heavy atom. The van der Waals surface area contributed by atoms with Gasteiger partial charge in [0.15, 0.2) is 0 Å². The van der Waals surface area contributed by atoms with E-state index in [4.69, 9.17) is 15.0 Å². The minimum Gasteiger partial charge on any atom is -0.278 e. The zero-order valence-electron chi connectivity index (χ0n) is 27.9. The molecule has 0 saturated heterocycles. The second-order valence-electron chi connectivity index (χ2n) is 13.2. The van der Waals surface area contributed by atoms with Crippen LogP contribution in [0.5, 0.6) is 0 Å². The molecule has 5 heteroatoms. The molecule has 0 N–H and O–H groups in total. The Morgan fingerprint density at radius 3 is 1.73 bits per heavy atom. The van der Waals surface area contributed by atoms with Gasteiger partial charge in [0.25, 0.3) is 0 Å². The lowest BCUT2D eigenvalue weighted by Gasteiger charge is -2.12. The van der Waals surface area contributed by atoms with E-state index in [2.05, 4.69) is 168 Å². The molecule has 11 rings (SSSR count). The zero-order chi connectivity index (χ0) is 34.2. The normalized spacial score (nSPS) is 11.8. The van der Waals surface area contributed by atoms with Crippen molar-refractivity contribution in [3.8, 4) is 39.7 Å². The number of hydrogen-bond acceptors (Lipinski definition) is 4. The van der Waals surface area contributed by atoms with Crippen LogP contribution in [0.1, 0.15) is 0 Å². The number of pyridine rings is 1. The van der Waals surface area contributed by atoms with Crippen LogP contribution in [0.4, 0.5) is 0 Å². The van der Waals surface area contributed by atoms with Crippen molar-refractivity contribution in [2.45, 2.75) is 0 Å². The maximum Gasteiger partial charge on any atom is 0.235 e. The summed E-state index contributed by atoms with van der Waals surface area (Å²) in [5.41, 5.74) is 9.21. The molecule has 7 aromatic carbocycles. The van der Waals surface area contributed by atoms with Gasteiger partial charge in [-0.25, -0.2) is 15.0 Å². The minimum atomic E-state index is 0.655. The smallest absolute Gasteiger partial charge is 0.235 e. The number of nitrogens with zero attached hydrogens (tertiary/aromatic N) is 4. The van der Waals surface area contributed by atoms with Crippen LogP contribution in [0.3, 0.4) is 0 Å². The Hall–Kier alpha value is -6.69. The summed E-state index contributed by atoms with van der Waals surface area (Å²) in [7, 11) is 0. The molecule has 0 radical (unpaired) electrons. The zero-order valence-corrected chi connectivity index (χ0v) is 28.7. The van der Waals surface area contributed by atoms with Crippen molar-refractivity contribution >= 4 is 75.0 Å². The summed E-state index contributed by atoms with van der Waals surface area (Å²) in [5.74, 6) is 0.655. The van der Waals surface area contributed by atoms with Gasteiger partial charge in [-0.05, 0) is 24.3 Å². The van der Waals surface area contributed by atoms with Crippen LogP contribution in [-0.4, -0.2) is 19.5 Å². The van der Waals surface area contributed by atoms with Gasteiger partial charge in [0.05, 0.1) is 33.6 Å². The summed E-state index contributed by atoms with van der Waals surface area (Å²) >= 11 is 1.85. The van der Waals surface area contributed by atoms with Crippen molar-refractivity contribution in [2.24, 2.45) is 0 Å². The highest BCUT2D eigenvalue weighted by molar-refractivity contribution is 7.27. The molecule has 0 saturated carbocycles. The number of thiophene rings is 1. The first-order valence-corrected chi connectivity index (χ1v) is 18.3. The first-order valence-electron chi connectivity index (χ1n) is 17.5. The Balaban J connectivity index is 1.22. The van der Waals surface area contributed by atoms with Gasteiger partial charge in [0, 0.05) is 63.8 Å². The van der Waals surface area contributed by atoms with Gasteiger partial charge < -0.3 is 0 Å². The van der Waals surface area contributed by atoms with Gasteiger partial charge in [-0.2, -0.15) is 0 Å². The Kier molecular flexibility index (Phi) is 6.39. The van der Waals surface area contributed by atoms with E-state index < -0.39 is 0 Å². The predicted molar refractivity (Wildman–Crippen MR) is 218 cm³/mol. The third kappa shape index (κ3) is 4.36. The lowest BCUT2D eigenvalue weighted by molar-refractivity contribution is 0.996. The van der Waals surface area contributed by atoms with Gasteiger partial charge in [-0.1, -0.05) is 146 Å². The van der Waals surface area contributed by atoms with E-state index >= 15 is 0 Å². The summed E-state index contributed by atoms with van der Waals surface area (Å²) in [6.45, 7) is 0. The summed E-state index contributed by atoms with van der Waals surface area (Å²) in [6.07, 6.45) is 0. The fraction of sp³-hybridized carbons (Fsp3) is 0. The van der Waals surface area contributed by atoms with E-state index in [1.54, 1.807) is 0 Å². The number of benzene rings is 7. The number of rotatable bonds is 4. The molecule has 0 bridgehead atoms. The van der Waals surface area contributed by atoms with Gasteiger partial charge in [-0.3, -0.25) is 4.57 Å². The summed E-state index contributed by atoms with van der Waals surface area (Å²) in [5, 5.41) is 8.40. The molecular formula is C47H28N4S. The first-order chi connectivity index (χ1) is 25.8. The van der Waals surface area contributed by atoms with Crippen molar-refractivity contribution in [3.63, 3.8) is 0 Å². The van der Waals surface area contributed by atoms with Gasteiger partial charge in [-0.15, -0.1) is 11.3 Å². The van der Waals surface area contributed by atoms with Crippen LogP contribution in [0.25, 0.3) is 103 Å². The molecule has 242 valence electrons. The average molecular weight is 681 g/mol. The molecular weight excluding hydrogens is 653 g/mol. The molecule has 4 aromatic heterocycles. The number of hydrogen-bond donors (Lipinski definition) is 0. The van der Waals surface area contributed by atoms with Crippen LogP contribution in [0.15, 0.2) is 170 Å². The fourth-order valence-electron chi connectivity index (χ4n) is 7.87. The highest BCUT2D eigenvalue weighted by Crippen LogP contribution is 2.46. The van der Waals surface area contributed by atoms with E-state index in [-0.39, 0.29) is 0 Å². The van der Waals surface area contributed by atoms with Crippen molar-refractivity contribution in [3.05, 3.63) is 170 Å². The maximum absolute atomic E-state index is 5.41. The van der Waals surface area contributed by atoms with E-state index in [1.165, 1.54) is 36.3 Å². The fourth-order valence-corrected chi connectivity index (χ4v) is 9.26. The molecule has 0 atom stereocenters. The second kappa shape index (κ2) is 11.4. The van der Waals surface area contributed by atoms with Crippen LogP contribution >= 0.6 is 11.3 Å². The second-order valence-corrected chi connectivity index (χ2v) is 14.2. The third-order valence-corrected chi connectivity index (χ3v) is 11.5. The quantitative estimate of drug-likeness (QED) is 0.174. The summed E-state index contributed by atoms with van der Waals surface area (Å²) in [4.78, 5) is 15.9. The Bertz CT molecular complexity index is 3130. The third-order valence-electron chi connectivity index (χ3n) is 10.2. The minimum absolute atomic E-state index is 0.655. The van der Waals surface area contributed by atoms with E-state index in [9.17, 15) is 0 Å². The van der Waals surface area contributed by atoms with E-state index in [1.807, 2.05) is 17.4 Å². The standard InChI is InChI=1S/C47H28N4S/c1-3-14-29(15-4-1)39-28-40(50-47(49-39)51-41-24-11-8-18-31(41)32-19-9-12-25-42(32)51)36-22-13-21-33-34-26-27-37-43(46(34)52-45(33)36)35-20-7-10-23-38(35)48-44(37)30-16-5-2-6-17-30/h1-28H. The molecule has 11 aromatic rings. The predicted octanol–water partition coefficient (Wildman–Crippen LogP) is 12.6. The number of aromatic nitrogens is 4. The van der Waals surface area contributed by atoms with Crippen molar-refractivity contribution in [1.29, 1.82) is 0 Å². The molecule has 4 nitrogen and oxygen atoms in total. The Morgan fingerprint density at radius 1 is 0.404 bits per heavy atom. The van der Waals surface area contributed by atoms with Crippen molar-refractivity contribution < 1.29 is 0 Å². The summed E-state index contributed by atoms with van der Waals surface area (Å²) < 4.78 is 4.68. The lowest BCUT2D eigenvalue weighted by Crippen LogP contribution is -2.04. The van der Waals surface area contributed by atoms with Crippen molar-refractivity contribution in [1.82, 2.24) is 19.5 Å². The van der Waals surface area contributed by atoms with Crippen LogP contribution in [0, 0.1) is 0 Å². The molecule has 0 aliphatic heterocycles. The van der Waals surface area contributed by atoms with E-state index in [0.29, 0.717) is 5.95 Å². The highest BCUT2D eigenvalue weighted by atomic mass is 32.1. The number of para-hydroxylation sites is 3. The molecule has 0 aliphatic rings. The number of fused-ring (bicyclic) bond motifs is 10. The first kappa shape index (κ1) is 29.1. The summed E-state index contributed by atoms with van der Waals surface area (Å²) in [6, 6.07) is 59.8. The topological polar surface area (TPSA) is 43.6 Å². The van der Waals surface area contributed by atoms with Crippen LogP contribution in [-0.2, 0) is 0 Å². The SMILES string of the molecule is c1ccc(-c2cc(-c3cccc4c3sc3c4ccc4c(-c5ccccc5)nc5ccccc5c43)nc(-n3c4ccccc4c4ccccc43)n2)cc1. The lowest BCUT2D eigenvalue weighted by atomic mass is 9.97. The molecule has 0 aliphatic carbocycles. The maximum atomic E-state index is 5.41.